The van der Waals surface area contributed by atoms with Crippen molar-refractivity contribution in [2.24, 2.45) is 0 Å². The normalized spacial score (nSPS) is 13.6. The van der Waals surface area contributed by atoms with Crippen molar-refractivity contribution in [2.45, 2.75) is 45.5 Å². The predicted molar refractivity (Wildman–Crippen MR) is 59.5 cm³/mol. The largest absolute Gasteiger partial charge is 1.00 e. The molecule has 0 aliphatic carbocycles. The van der Waals surface area contributed by atoms with E-state index in [0.29, 0.717) is 4.95 Å². The van der Waals surface area contributed by atoms with E-state index in [9.17, 15) is 0 Å². The van der Waals surface area contributed by atoms with Crippen molar-refractivity contribution in [1.29, 1.82) is 0 Å². The Morgan fingerprint density at radius 1 is 1.00 bits per heavy atom. The molecule has 0 heterocycles. The van der Waals surface area contributed by atoms with E-state index in [-0.39, 0.29) is 17.0 Å². The molecule has 0 saturated heterocycles. The molecule has 3 heteroatoms. The van der Waals surface area contributed by atoms with Crippen molar-refractivity contribution in [2.75, 3.05) is 19.6 Å². The molecule has 82 valence electrons. The molecule has 0 aromatic heterocycles. The zero-order valence-corrected chi connectivity index (χ0v) is 12.5. The Kier molecular flexibility index (Phi) is 10.4. The maximum absolute atomic E-state index is 3.81. The average molecular weight is 317 g/mol. The van der Waals surface area contributed by atoms with Crippen LogP contribution in [0.5, 0.6) is 0 Å². The van der Waals surface area contributed by atoms with Crippen LogP contribution in [0.25, 0.3) is 0 Å². The molecule has 0 aliphatic rings. The molecule has 0 fully saturated rings. The molecule has 1 atom stereocenters. The molecule has 1 nitrogen and oxygen atoms in total. The predicted octanol–water partition coefficient (Wildman–Crippen LogP) is 0.388. The minimum Gasteiger partial charge on any atom is -1.00 e. The molecular formula is C10H23Br2N. The molecule has 0 rings (SSSR count). The smallest absolute Gasteiger partial charge is 0.144 e. The molecular weight excluding hydrogens is 294 g/mol. The van der Waals surface area contributed by atoms with E-state index >= 15 is 0 Å². The van der Waals surface area contributed by atoms with Gasteiger partial charge in [0.05, 0.1) is 19.6 Å². The van der Waals surface area contributed by atoms with Crippen LogP contribution < -0.4 is 17.0 Å². The fraction of sp³-hybridized carbons (Fsp3) is 1.00. The number of hydrogen-bond donors (Lipinski definition) is 0. The van der Waals surface area contributed by atoms with E-state index in [1.54, 1.807) is 0 Å². The van der Waals surface area contributed by atoms with Gasteiger partial charge in [0.25, 0.3) is 0 Å². The minimum atomic E-state index is 0. The van der Waals surface area contributed by atoms with E-state index in [2.05, 4.69) is 43.6 Å². The van der Waals surface area contributed by atoms with Gasteiger partial charge in [0.1, 0.15) is 4.95 Å². The topological polar surface area (TPSA) is 0 Å². The lowest BCUT2D eigenvalue weighted by molar-refractivity contribution is -0.931. The number of halogens is 2. The Morgan fingerprint density at radius 3 is 1.62 bits per heavy atom. The standard InChI is InChI=1S/C10H23BrN.BrH/c1-5-9-10(11)12(6-2,7-3)8-4;/h10H,5-9H2,1-4H3;1H/q+1;/p-1. The molecule has 0 saturated carbocycles. The van der Waals surface area contributed by atoms with Crippen LogP contribution in [0.4, 0.5) is 0 Å². The number of nitrogens with zero attached hydrogens (tertiary/aromatic N) is 1. The van der Waals surface area contributed by atoms with Gasteiger partial charge in [-0.25, -0.2) is 0 Å². The van der Waals surface area contributed by atoms with Crippen LogP contribution in [0.2, 0.25) is 0 Å². The van der Waals surface area contributed by atoms with Crippen molar-refractivity contribution < 1.29 is 21.5 Å². The third-order valence-corrected chi connectivity index (χ3v) is 4.34. The molecule has 0 spiro atoms. The molecule has 0 N–H and O–H groups in total. The van der Waals surface area contributed by atoms with Gasteiger partial charge in [0, 0.05) is 6.42 Å². The van der Waals surface area contributed by atoms with Crippen LogP contribution in [-0.2, 0) is 0 Å². The van der Waals surface area contributed by atoms with Gasteiger partial charge < -0.3 is 21.5 Å². The first-order valence-electron chi connectivity index (χ1n) is 5.16. The van der Waals surface area contributed by atoms with Crippen LogP contribution >= 0.6 is 15.9 Å². The molecule has 13 heavy (non-hydrogen) atoms. The molecule has 0 radical (unpaired) electrons. The van der Waals surface area contributed by atoms with E-state index in [4.69, 9.17) is 0 Å². The monoisotopic (exact) mass is 315 g/mol. The van der Waals surface area contributed by atoms with Crippen molar-refractivity contribution in [3.05, 3.63) is 0 Å². The van der Waals surface area contributed by atoms with Crippen LogP contribution in [0, 0.1) is 0 Å². The van der Waals surface area contributed by atoms with Gasteiger partial charge in [-0.1, -0.05) is 6.92 Å². The van der Waals surface area contributed by atoms with Gasteiger partial charge in [-0.15, -0.1) is 0 Å². The molecule has 0 aliphatic heterocycles. The number of quaternary nitrogens is 1. The van der Waals surface area contributed by atoms with E-state index in [1.807, 2.05) is 0 Å². The summed E-state index contributed by atoms with van der Waals surface area (Å²) in [5.74, 6) is 0. The fourth-order valence-electron chi connectivity index (χ4n) is 1.78. The fourth-order valence-corrected chi connectivity index (χ4v) is 3.10. The van der Waals surface area contributed by atoms with Crippen molar-refractivity contribution in [3.8, 4) is 0 Å². The first kappa shape index (κ1) is 16.4. The molecule has 0 amide bonds. The highest BCUT2D eigenvalue weighted by molar-refractivity contribution is 9.09. The van der Waals surface area contributed by atoms with E-state index in [0.717, 1.165) is 0 Å². The molecule has 1 unspecified atom stereocenters. The Balaban J connectivity index is 0. The first-order valence-corrected chi connectivity index (χ1v) is 6.08. The van der Waals surface area contributed by atoms with Gasteiger partial charge in [0.2, 0.25) is 0 Å². The molecule has 0 aromatic carbocycles. The molecule has 0 aromatic rings. The van der Waals surface area contributed by atoms with Crippen LogP contribution in [-0.4, -0.2) is 29.1 Å². The Morgan fingerprint density at radius 2 is 1.38 bits per heavy atom. The van der Waals surface area contributed by atoms with Crippen molar-refractivity contribution in [3.63, 3.8) is 0 Å². The third-order valence-electron chi connectivity index (χ3n) is 3.01. The zero-order valence-electron chi connectivity index (χ0n) is 9.32. The van der Waals surface area contributed by atoms with Crippen LogP contribution in [0.1, 0.15) is 40.5 Å². The minimum absolute atomic E-state index is 0. The Bertz CT molecular complexity index is 105. The van der Waals surface area contributed by atoms with E-state index in [1.165, 1.54) is 37.0 Å². The zero-order chi connectivity index (χ0) is 9.61. The summed E-state index contributed by atoms with van der Waals surface area (Å²) in [4.78, 5) is 0.655. The van der Waals surface area contributed by atoms with Crippen molar-refractivity contribution in [1.82, 2.24) is 0 Å². The second-order valence-corrected chi connectivity index (χ2v) is 4.45. The quantitative estimate of drug-likeness (QED) is 0.378. The summed E-state index contributed by atoms with van der Waals surface area (Å²) >= 11 is 3.81. The Labute approximate surface area is 102 Å². The Hall–Kier alpha value is 0.920. The number of alkyl halides is 1. The molecule has 0 bridgehead atoms. The lowest BCUT2D eigenvalue weighted by atomic mass is 10.2. The summed E-state index contributed by atoms with van der Waals surface area (Å²) in [6.45, 7) is 12.8. The summed E-state index contributed by atoms with van der Waals surface area (Å²) in [7, 11) is 0. The maximum atomic E-state index is 3.81. The summed E-state index contributed by atoms with van der Waals surface area (Å²) < 4.78 is 1.22. The first-order chi connectivity index (χ1) is 5.66. The van der Waals surface area contributed by atoms with E-state index < -0.39 is 0 Å². The maximum Gasteiger partial charge on any atom is 0.144 e. The van der Waals surface area contributed by atoms with Crippen molar-refractivity contribution >= 4 is 15.9 Å². The summed E-state index contributed by atoms with van der Waals surface area (Å²) in [6.07, 6.45) is 2.56. The highest BCUT2D eigenvalue weighted by Gasteiger charge is 2.28. The lowest BCUT2D eigenvalue weighted by Gasteiger charge is -2.40. The van der Waals surface area contributed by atoms with Gasteiger partial charge in [0.15, 0.2) is 0 Å². The summed E-state index contributed by atoms with van der Waals surface area (Å²) in [6, 6.07) is 0. The lowest BCUT2D eigenvalue weighted by Crippen LogP contribution is -3.00. The number of hydrogen-bond acceptors (Lipinski definition) is 0. The highest BCUT2D eigenvalue weighted by atomic mass is 79.9. The summed E-state index contributed by atoms with van der Waals surface area (Å²) in [5, 5.41) is 0. The van der Waals surface area contributed by atoms with Gasteiger partial charge in [-0.2, -0.15) is 0 Å². The van der Waals surface area contributed by atoms with Crippen LogP contribution in [0.3, 0.4) is 0 Å². The number of rotatable bonds is 6. The average Bonchev–Trinajstić information content (AvgIpc) is 2.09. The highest BCUT2D eigenvalue weighted by Crippen LogP contribution is 2.22. The second kappa shape index (κ2) is 8.25. The third kappa shape index (κ3) is 4.30. The SMILES string of the molecule is CCCC(Br)[N+](CC)(CC)CC.[Br-]. The second-order valence-electron chi connectivity index (χ2n) is 3.39. The van der Waals surface area contributed by atoms with Gasteiger partial charge in [-0.3, -0.25) is 0 Å². The van der Waals surface area contributed by atoms with Crippen LogP contribution in [0.15, 0.2) is 0 Å². The van der Waals surface area contributed by atoms with Gasteiger partial charge in [-0.05, 0) is 43.1 Å². The van der Waals surface area contributed by atoms with Gasteiger partial charge >= 0.3 is 0 Å². The summed E-state index contributed by atoms with van der Waals surface area (Å²) in [5.41, 5.74) is 0.